The van der Waals surface area contributed by atoms with E-state index in [2.05, 4.69) is 19.9 Å². The van der Waals surface area contributed by atoms with Crippen molar-refractivity contribution in [1.82, 2.24) is 0 Å². The highest BCUT2D eigenvalue weighted by molar-refractivity contribution is 5.66. The van der Waals surface area contributed by atoms with Gasteiger partial charge in [-0.25, -0.2) is 0 Å². The van der Waals surface area contributed by atoms with Crippen LogP contribution in [0.5, 0.6) is 0 Å². The fourth-order valence-corrected chi connectivity index (χ4v) is 7.29. The lowest BCUT2D eigenvalue weighted by atomic mass is 9.47. The number of rotatable bonds is 1. The van der Waals surface area contributed by atoms with Crippen molar-refractivity contribution < 1.29 is 19.4 Å². The minimum Gasteiger partial charge on any atom is -0.462 e. The second-order valence-electron chi connectivity index (χ2n) is 9.73. The minimum atomic E-state index is -0.833. The number of ether oxygens (including phenoxy) is 2. The molecule has 0 bridgehead atoms. The first-order valence-corrected chi connectivity index (χ1v) is 10.0. The van der Waals surface area contributed by atoms with Gasteiger partial charge in [0, 0.05) is 18.8 Å². The third kappa shape index (κ3) is 1.98. The maximum atomic E-state index is 11.3. The van der Waals surface area contributed by atoms with Crippen LogP contribution in [0.3, 0.4) is 0 Å². The molecule has 1 N–H and O–H groups in total. The van der Waals surface area contributed by atoms with E-state index in [1.165, 1.54) is 18.9 Å². The highest BCUT2D eigenvalue weighted by Gasteiger charge is 2.77. The number of allylic oxidation sites excluding steroid dienone is 1. The van der Waals surface area contributed by atoms with Gasteiger partial charge in [0.25, 0.3) is 0 Å². The summed E-state index contributed by atoms with van der Waals surface area (Å²) in [4.78, 5) is 11.3. The Balaban J connectivity index is 1.42. The van der Waals surface area contributed by atoms with Crippen LogP contribution >= 0.6 is 0 Å². The topological polar surface area (TPSA) is 59.1 Å². The predicted molar refractivity (Wildman–Crippen MR) is 92.5 cm³/mol. The van der Waals surface area contributed by atoms with Gasteiger partial charge in [-0.2, -0.15) is 0 Å². The summed E-state index contributed by atoms with van der Waals surface area (Å²) in [6.45, 7) is 6.22. The molecule has 0 spiro atoms. The van der Waals surface area contributed by atoms with Gasteiger partial charge < -0.3 is 14.6 Å². The first-order valence-electron chi connectivity index (χ1n) is 10.0. The first kappa shape index (κ1) is 16.3. The molecule has 0 unspecified atom stereocenters. The Morgan fingerprint density at radius 1 is 1.28 bits per heavy atom. The quantitative estimate of drug-likeness (QED) is 0.448. The summed E-state index contributed by atoms with van der Waals surface area (Å²) in [5.41, 5.74) is 1.71. The van der Waals surface area contributed by atoms with Crippen LogP contribution in [0.25, 0.3) is 0 Å². The summed E-state index contributed by atoms with van der Waals surface area (Å²) >= 11 is 0. The molecule has 4 heteroatoms. The highest BCUT2D eigenvalue weighted by Crippen LogP contribution is 2.72. The zero-order valence-corrected chi connectivity index (χ0v) is 15.6. The molecular formula is C21H30O4. The summed E-state index contributed by atoms with van der Waals surface area (Å²) in [6, 6.07) is 0. The van der Waals surface area contributed by atoms with E-state index in [9.17, 15) is 9.90 Å². The normalized spacial score (nSPS) is 56.0. The molecule has 4 aliphatic carbocycles. The molecule has 5 aliphatic rings. The fraction of sp³-hybridized carbons (Fsp3) is 0.857. The Labute approximate surface area is 150 Å². The number of fused-ring (bicyclic) bond motifs is 7. The van der Waals surface area contributed by atoms with E-state index in [-0.39, 0.29) is 29.0 Å². The predicted octanol–water partition coefficient (Wildman–Crippen LogP) is 3.58. The van der Waals surface area contributed by atoms with Crippen LogP contribution in [0.2, 0.25) is 0 Å². The molecule has 25 heavy (non-hydrogen) atoms. The summed E-state index contributed by atoms with van der Waals surface area (Å²) in [7, 11) is 0. The summed E-state index contributed by atoms with van der Waals surface area (Å²) in [5.74, 6) is 0.953. The van der Waals surface area contributed by atoms with E-state index >= 15 is 0 Å². The van der Waals surface area contributed by atoms with Gasteiger partial charge in [0.15, 0.2) is 5.79 Å². The van der Waals surface area contributed by atoms with E-state index < -0.39 is 5.79 Å². The van der Waals surface area contributed by atoms with Gasteiger partial charge in [-0.05, 0) is 61.7 Å². The summed E-state index contributed by atoms with van der Waals surface area (Å²) in [5, 5.41) is 10.8. The molecule has 0 aromatic heterocycles. The monoisotopic (exact) mass is 346 g/mol. The summed E-state index contributed by atoms with van der Waals surface area (Å²) < 4.78 is 11.2. The van der Waals surface area contributed by atoms with E-state index in [4.69, 9.17) is 9.47 Å². The van der Waals surface area contributed by atoms with Crippen molar-refractivity contribution in [2.24, 2.45) is 28.6 Å². The van der Waals surface area contributed by atoms with Gasteiger partial charge in [0.2, 0.25) is 0 Å². The molecule has 0 amide bonds. The Morgan fingerprint density at radius 3 is 2.84 bits per heavy atom. The smallest absolute Gasteiger partial charge is 0.302 e. The molecule has 5 rings (SSSR count). The average molecular weight is 346 g/mol. The molecule has 3 saturated carbocycles. The standard InChI is InChI=1S/C21H30O4/c1-12(22)24-14-6-8-19(2)13(10-14)4-5-15-16(19)7-9-20(3)17(15)11-18-21(20,23)25-18/h4,14-18,23H,5-11H2,1-3H3/t14-,15-,16+,17+,18-,19+,20+,21-/m1/s1. The van der Waals surface area contributed by atoms with E-state index in [1.807, 2.05) is 0 Å². The van der Waals surface area contributed by atoms with Gasteiger partial charge in [0.05, 0.1) is 0 Å². The Morgan fingerprint density at radius 2 is 2.08 bits per heavy atom. The third-order valence-electron chi connectivity index (χ3n) is 8.77. The summed E-state index contributed by atoms with van der Waals surface area (Å²) in [6.07, 6.45) is 10.0. The SMILES string of the molecule is CC(=O)O[C@@H]1CC[C@@]2(C)C(=CC[C@@H]3[C@@H]2CC[C@@]2(C)[C@H]3C[C@H]3O[C@]32O)C1. The maximum absolute atomic E-state index is 11.3. The van der Waals surface area contributed by atoms with Crippen molar-refractivity contribution in [3.63, 3.8) is 0 Å². The number of epoxide rings is 1. The van der Waals surface area contributed by atoms with Gasteiger partial charge in [-0.3, -0.25) is 4.79 Å². The number of carbonyl (C=O) groups is 1. The molecule has 0 aromatic rings. The minimum absolute atomic E-state index is 0.0600. The molecule has 4 fully saturated rings. The fourth-order valence-electron chi connectivity index (χ4n) is 7.29. The number of carbonyl (C=O) groups excluding carboxylic acids is 1. The number of aliphatic hydroxyl groups is 1. The molecule has 138 valence electrons. The van der Waals surface area contributed by atoms with Crippen LogP contribution < -0.4 is 0 Å². The number of esters is 1. The third-order valence-corrected chi connectivity index (χ3v) is 8.77. The zero-order chi connectivity index (χ0) is 17.6. The molecular weight excluding hydrogens is 316 g/mol. The van der Waals surface area contributed by atoms with E-state index in [1.54, 1.807) is 0 Å². The number of hydrogen-bond donors (Lipinski definition) is 1. The van der Waals surface area contributed by atoms with Crippen molar-refractivity contribution in [3.8, 4) is 0 Å². The Kier molecular flexibility index (Phi) is 3.19. The molecule has 0 aromatic carbocycles. The van der Waals surface area contributed by atoms with Gasteiger partial charge in [-0.1, -0.05) is 25.5 Å². The van der Waals surface area contributed by atoms with Crippen molar-refractivity contribution >= 4 is 5.97 Å². The molecule has 0 radical (unpaired) electrons. The van der Waals surface area contributed by atoms with Crippen LogP contribution in [0, 0.1) is 28.6 Å². The van der Waals surface area contributed by atoms with Gasteiger partial charge >= 0.3 is 5.97 Å². The van der Waals surface area contributed by atoms with Crippen molar-refractivity contribution in [1.29, 1.82) is 0 Å². The molecule has 4 nitrogen and oxygen atoms in total. The molecule has 1 heterocycles. The first-order chi connectivity index (χ1) is 11.8. The number of hydrogen-bond acceptors (Lipinski definition) is 4. The molecule has 8 atom stereocenters. The lowest BCUT2D eigenvalue weighted by Gasteiger charge is -2.58. The second-order valence-corrected chi connectivity index (χ2v) is 9.73. The van der Waals surface area contributed by atoms with Crippen LogP contribution in [-0.4, -0.2) is 29.1 Å². The van der Waals surface area contributed by atoms with Gasteiger partial charge in [-0.15, -0.1) is 0 Å². The van der Waals surface area contributed by atoms with Crippen LogP contribution in [0.15, 0.2) is 11.6 Å². The van der Waals surface area contributed by atoms with Crippen LogP contribution in [-0.2, 0) is 14.3 Å². The van der Waals surface area contributed by atoms with Crippen molar-refractivity contribution in [2.75, 3.05) is 0 Å². The average Bonchev–Trinajstić information content (AvgIpc) is 3.16. The van der Waals surface area contributed by atoms with E-state index in [0.717, 1.165) is 38.5 Å². The lowest BCUT2D eigenvalue weighted by Crippen LogP contribution is -2.53. The lowest BCUT2D eigenvalue weighted by molar-refractivity contribution is -0.155. The zero-order valence-electron chi connectivity index (χ0n) is 15.6. The van der Waals surface area contributed by atoms with E-state index in [0.29, 0.717) is 17.8 Å². The molecule has 1 saturated heterocycles. The second kappa shape index (κ2) is 4.89. The molecule has 1 aliphatic heterocycles. The van der Waals surface area contributed by atoms with Crippen molar-refractivity contribution in [3.05, 3.63) is 11.6 Å². The maximum Gasteiger partial charge on any atom is 0.302 e. The van der Waals surface area contributed by atoms with Crippen LogP contribution in [0.4, 0.5) is 0 Å². The Hall–Kier alpha value is -0.870. The van der Waals surface area contributed by atoms with Gasteiger partial charge in [0.1, 0.15) is 12.2 Å². The highest BCUT2D eigenvalue weighted by atomic mass is 16.7. The Bertz CT molecular complexity index is 656. The largest absolute Gasteiger partial charge is 0.462 e. The van der Waals surface area contributed by atoms with Crippen molar-refractivity contribution in [2.45, 2.75) is 83.7 Å². The van der Waals surface area contributed by atoms with Crippen LogP contribution in [0.1, 0.15) is 65.7 Å².